The maximum atomic E-state index is 5.42. The van der Waals surface area contributed by atoms with Crippen molar-refractivity contribution in [1.29, 1.82) is 0 Å². The van der Waals surface area contributed by atoms with E-state index >= 15 is 0 Å². The highest BCUT2D eigenvalue weighted by molar-refractivity contribution is 6.12. The smallest absolute Gasteiger partial charge is 0.183 e. The summed E-state index contributed by atoms with van der Waals surface area (Å²) in [6.07, 6.45) is 5.29. The van der Waals surface area contributed by atoms with Gasteiger partial charge in [0, 0.05) is 60.3 Å². The van der Waals surface area contributed by atoms with Gasteiger partial charge >= 0.3 is 0 Å². The Hall–Kier alpha value is -3.10. The number of hydrogen-bond donors (Lipinski definition) is 2. The third-order valence-corrected chi connectivity index (χ3v) is 5.11. The maximum absolute atomic E-state index is 5.42. The second-order valence-corrected chi connectivity index (χ2v) is 6.79. The van der Waals surface area contributed by atoms with Crippen LogP contribution >= 0.6 is 0 Å². The molecule has 0 radical (unpaired) electrons. The van der Waals surface area contributed by atoms with Crippen molar-refractivity contribution in [2.24, 2.45) is 0 Å². The van der Waals surface area contributed by atoms with Gasteiger partial charge in [0.25, 0.3) is 0 Å². The van der Waals surface area contributed by atoms with Gasteiger partial charge in [-0.1, -0.05) is 12.1 Å². The molecule has 1 saturated heterocycles. The predicted molar refractivity (Wildman–Crippen MR) is 108 cm³/mol. The average Bonchev–Trinajstić information content (AvgIpc) is 3.29. The van der Waals surface area contributed by atoms with E-state index in [9.17, 15) is 0 Å². The molecule has 4 heterocycles. The third kappa shape index (κ3) is 3.17. The second kappa shape index (κ2) is 7.49. The standard InChI is InChI=1S/C20H21N7O/c1-2-14-17-12-21-5-4-15(17)19(22-6-7-27-8-10-28-11-9-27)25-18(14)16(3-1)20-23-13-24-26-20/h1-5,12-13H,6-11H2,(H,22,25)(H,23,24,26). The average molecular weight is 375 g/mol. The zero-order valence-corrected chi connectivity index (χ0v) is 15.4. The minimum Gasteiger partial charge on any atom is -0.379 e. The fourth-order valence-corrected chi connectivity index (χ4v) is 3.68. The minimum absolute atomic E-state index is 0.639. The Morgan fingerprint density at radius 3 is 2.89 bits per heavy atom. The van der Waals surface area contributed by atoms with Gasteiger partial charge in [-0.3, -0.25) is 15.0 Å². The van der Waals surface area contributed by atoms with Crippen LogP contribution in [0.1, 0.15) is 0 Å². The number of nitrogens with zero attached hydrogens (tertiary/aromatic N) is 5. The van der Waals surface area contributed by atoms with Crippen LogP contribution in [0.4, 0.5) is 5.82 Å². The molecule has 0 aliphatic carbocycles. The van der Waals surface area contributed by atoms with Crippen LogP contribution in [0.2, 0.25) is 0 Å². The molecular weight excluding hydrogens is 354 g/mol. The van der Waals surface area contributed by atoms with E-state index in [-0.39, 0.29) is 0 Å². The van der Waals surface area contributed by atoms with E-state index in [4.69, 9.17) is 9.72 Å². The molecule has 8 heteroatoms. The largest absolute Gasteiger partial charge is 0.379 e. The summed E-state index contributed by atoms with van der Waals surface area (Å²) in [4.78, 5) is 16.0. The molecule has 1 aliphatic rings. The summed E-state index contributed by atoms with van der Waals surface area (Å²) in [6.45, 7) is 5.35. The molecule has 142 valence electrons. The summed E-state index contributed by atoms with van der Waals surface area (Å²) in [7, 11) is 0. The second-order valence-electron chi connectivity index (χ2n) is 6.79. The van der Waals surface area contributed by atoms with Gasteiger partial charge in [0.1, 0.15) is 12.1 Å². The molecule has 1 fully saturated rings. The van der Waals surface area contributed by atoms with Gasteiger partial charge < -0.3 is 10.1 Å². The third-order valence-electron chi connectivity index (χ3n) is 5.11. The lowest BCUT2D eigenvalue weighted by molar-refractivity contribution is 0.0398. The zero-order valence-electron chi connectivity index (χ0n) is 15.4. The molecule has 2 N–H and O–H groups in total. The molecule has 0 saturated carbocycles. The van der Waals surface area contributed by atoms with E-state index in [0.29, 0.717) is 5.82 Å². The first-order valence-corrected chi connectivity index (χ1v) is 9.47. The van der Waals surface area contributed by atoms with Gasteiger partial charge in [-0.05, 0) is 12.1 Å². The summed E-state index contributed by atoms with van der Waals surface area (Å²) < 4.78 is 5.42. The fourth-order valence-electron chi connectivity index (χ4n) is 3.68. The number of morpholine rings is 1. The molecule has 0 unspecified atom stereocenters. The van der Waals surface area contributed by atoms with E-state index in [1.54, 1.807) is 6.33 Å². The van der Waals surface area contributed by atoms with Crippen LogP contribution in [0.3, 0.4) is 0 Å². The van der Waals surface area contributed by atoms with E-state index in [1.165, 1.54) is 0 Å². The van der Waals surface area contributed by atoms with E-state index in [1.807, 2.05) is 30.6 Å². The Balaban J connectivity index is 1.54. The highest BCUT2D eigenvalue weighted by Gasteiger charge is 2.15. The van der Waals surface area contributed by atoms with Crippen molar-refractivity contribution in [3.63, 3.8) is 0 Å². The minimum atomic E-state index is 0.639. The predicted octanol–water partition coefficient (Wildman–Crippen LogP) is 2.31. The van der Waals surface area contributed by atoms with Crippen LogP contribution in [-0.4, -0.2) is 69.4 Å². The Bertz CT molecular complexity index is 1090. The summed E-state index contributed by atoms with van der Waals surface area (Å²) in [5.74, 6) is 1.50. The Morgan fingerprint density at radius 1 is 1.11 bits per heavy atom. The van der Waals surface area contributed by atoms with Crippen molar-refractivity contribution >= 4 is 27.5 Å². The van der Waals surface area contributed by atoms with Crippen LogP contribution in [0.5, 0.6) is 0 Å². The quantitative estimate of drug-likeness (QED) is 0.517. The molecule has 0 amide bonds. The number of benzene rings is 1. The normalized spacial score (nSPS) is 15.3. The Morgan fingerprint density at radius 2 is 2.04 bits per heavy atom. The highest BCUT2D eigenvalue weighted by atomic mass is 16.5. The van der Waals surface area contributed by atoms with Crippen LogP contribution in [0, 0.1) is 0 Å². The molecule has 4 aromatic rings. The zero-order chi connectivity index (χ0) is 18.8. The number of aromatic amines is 1. The number of fused-ring (bicyclic) bond motifs is 3. The number of nitrogens with one attached hydrogen (secondary N) is 2. The number of aromatic nitrogens is 5. The van der Waals surface area contributed by atoms with Crippen molar-refractivity contribution in [1.82, 2.24) is 30.0 Å². The Kier molecular flexibility index (Phi) is 4.56. The van der Waals surface area contributed by atoms with Crippen molar-refractivity contribution in [3.05, 3.63) is 43.0 Å². The van der Waals surface area contributed by atoms with Crippen LogP contribution < -0.4 is 5.32 Å². The van der Waals surface area contributed by atoms with Crippen molar-refractivity contribution in [2.45, 2.75) is 0 Å². The van der Waals surface area contributed by atoms with E-state index < -0.39 is 0 Å². The molecule has 8 nitrogen and oxygen atoms in total. The molecule has 1 aliphatic heterocycles. The maximum Gasteiger partial charge on any atom is 0.183 e. The Labute approximate surface area is 162 Å². The molecule has 0 spiro atoms. The fraction of sp³-hybridized carbons (Fsp3) is 0.300. The number of para-hydroxylation sites is 1. The number of rotatable bonds is 5. The molecule has 0 atom stereocenters. The molecular formula is C20H21N7O. The lowest BCUT2D eigenvalue weighted by Crippen LogP contribution is -2.39. The number of ether oxygens (including phenoxy) is 1. The van der Waals surface area contributed by atoms with Crippen molar-refractivity contribution in [3.8, 4) is 11.4 Å². The summed E-state index contributed by atoms with van der Waals surface area (Å²) >= 11 is 0. The van der Waals surface area contributed by atoms with Gasteiger partial charge in [0.15, 0.2) is 5.82 Å². The van der Waals surface area contributed by atoms with Crippen molar-refractivity contribution < 1.29 is 4.74 Å². The van der Waals surface area contributed by atoms with Crippen molar-refractivity contribution in [2.75, 3.05) is 44.7 Å². The first-order valence-electron chi connectivity index (χ1n) is 9.47. The summed E-state index contributed by atoms with van der Waals surface area (Å²) in [6, 6.07) is 8.09. The van der Waals surface area contributed by atoms with Crippen LogP contribution in [-0.2, 0) is 4.74 Å². The molecule has 1 aromatic carbocycles. The monoisotopic (exact) mass is 375 g/mol. The van der Waals surface area contributed by atoms with E-state index in [2.05, 4.69) is 36.4 Å². The van der Waals surface area contributed by atoms with Gasteiger partial charge in [-0.25, -0.2) is 9.97 Å². The van der Waals surface area contributed by atoms with Gasteiger partial charge in [-0.2, -0.15) is 5.10 Å². The number of H-pyrrole nitrogens is 1. The molecule has 3 aromatic heterocycles. The topological polar surface area (TPSA) is 91.8 Å². The SMILES string of the molecule is c1cc(-c2nc[nH]n2)c2nc(NCCN3CCOCC3)c3ccncc3c2c1. The highest BCUT2D eigenvalue weighted by Crippen LogP contribution is 2.33. The lowest BCUT2D eigenvalue weighted by Gasteiger charge is -2.26. The first-order chi connectivity index (χ1) is 13.9. The number of anilines is 1. The first kappa shape index (κ1) is 17.0. The van der Waals surface area contributed by atoms with Crippen LogP contribution in [0.15, 0.2) is 43.0 Å². The van der Waals surface area contributed by atoms with Crippen LogP contribution in [0.25, 0.3) is 33.1 Å². The number of pyridine rings is 2. The van der Waals surface area contributed by atoms with Gasteiger partial charge in [0.05, 0.1) is 18.7 Å². The van der Waals surface area contributed by atoms with E-state index in [0.717, 1.165) is 72.4 Å². The lowest BCUT2D eigenvalue weighted by atomic mass is 10.0. The summed E-state index contributed by atoms with van der Waals surface area (Å²) in [5, 5.41) is 13.7. The van der Waals surface area contributed by atoms with Gasteiger partial charge in [-0.15, -0.1) is 0 Å². The molecule has 5 rings (SSSR count). The number of hydrogen-bond acceptors (Lipinski definition) is 7. The molecule has 28 heavy (non-hydrogen) atoms. The summed E-state index contributed by atoms with van der Waals surface area (Å²) in [5.41, 5.74) is 1.78. The molecule has 0 bridgehead atoms. The van der Waals surface area contributed by atoms with Gasteiger partial charge in [0.2, 0.25) is 0 Å².